The van der Waals surface area contributed by atoms with Gasteiger partial charge in [-0.2, -0.15) is 0 Å². The Labute approximate surface area is 197 Å². The van der Waals surface area contributed by atoms with Crippen LogP contribution >= 0.6 is 0 Å². The average molecular weight is 464 g/mol. The minimum Gasteiger partial charge on any atom is -0.875 e. The molecule has 164 valence electrons. The summed E-state index contributed by atoms with van der Waals surface area (Å²) in [6.45, 7) is 2.58. The fraction of sp³-hybridized carbons (Fsp3) is 0.182. The standard InChI is InChI=1S/2C6H6O.2C5H8O3.Ti/c2*7-6-4-2-1-3-5-6;2*1-4(6)3-5(7)8-2;/h2*1-5,7H;2*3,6H,1-2H3;/q;;;;+4/p-4/b;;4-3+;4-3-;. The molecule has 0 saturated carbocycles. The number of ether oxygens (including phenoxy) is 2. The Balaban J connectivity index is -0.000000334. The van der Waals surface area contributed by atoms with Crippen molar-refractivity contribution < 1.29 is 61.2 Å². The van der Waals surface area contributed by atoms with Crippen LogP contribution in [0.15, 0.2) is 84.3 Å². The van der Waals surface area contributed by atoms with Gasteiger partial charge in [-0.05, 0) is 0 Å². The van der Waals surface area contributed by atoms with Crippen LogP contribution in [0.1, 0.15) is 13.8 Å². The zero-order valence-electron chi connectivity index (χ0n) is 17.7. The third kappa shape index (κ3) is 26.8. The van der Waals surface area contributed by atoms with Gasteiger partial charge in [-0.15, -0.1) is 23.0 Å². The van der Waals surface area contributed by atoms with Crippen LogP contribution in [0.25, 0.3) is 0 Å². The van der Waals surface area contributed by atoms with Crippen LogP contribution in [0.3, 0.4) is 0 Å². The average Bonchev–Trinajstić information content (AvgIpc) is 2.69. The van der Waals surface area contributed by atoms with E-state index in [-0.39, 0.29) is 44.7 Å². The maximum atomic E-state index is 10.3. The number of rotatable bonds is 2. The second-order valence-corrected chi connectivity index (χ2v) is 5.18. The van der Waals surface area contributed by atoms with Crippen LogP contribution in [0.2, 0.25) is 0 Å². The number of para-hydroxylation sites is 2. The number of esters is 2. The second kappa shape index (κ2) is 21.5. The van der Waals surface area contributed by atoms with Gasteiger partial charge < -0.3 is 29.9 Å². The van der Waals surface area contributed by atoms with Gasteiger partial charge in [-0.3, -0.25) is 0 Å². The number of benzene rings is 2. The molecule has 0 aliphatic heterocycles. The third-order valence-corrected chi connectivity index (χ3v) is 2.53. The quantitative estimate of drug-likeness (QED) is 0.268. The maximum Gasteiger partial charge on any atom is 4.00 e. The molecule has 0 saturated heterocycles. The van der Waals surface area contributed by atoms with Gasteiger partial charge in [-0.25, -0.2) is 9.59 Å². The Bertz CT molecular complexity index is 699. The van der Waals surface area contributed by atoms with E-state index in [9.17, 15) is 30.0 Å². The number of carbonyl (C=O) groups is 2. The van der Waals surface area contributed by atoms with Crippen LogP contribution in [-0.2, 0) is 40.8 Å². The van der Waals surface area contributed by atoms with Crippen molar-refractivity contribution in [2.24, 2.45) is 0 Å². The number of allylic oxidation sites excluding steroid dienone is 2. The summed E-state index contributed by atoms with van der Waals surface area (Å²) in [6.07, 6.45) is 1.78. The first-order valence-electron chi connectivity index (χ1n) is 8.43. The Morgan fingerprint density at radius 3 is 1.03 bits per heavy atom. The summed E-state index contributed by atoms with van der Waals surface area (Å²) in [5, 5.41) is 40.7. The monoisotopic (exact) mass is 464 g/mol. The van der Waals surface area contributed by atoms with Crippen LogP contribution in [0.5, 0.6) is 11.5 Å². The Hall–Kier alpha value is -3.23. The first-order valence-corrected chi connectivity index (χ1v) is 8.43. The van der Waals surface area contributed by atoms with Crippen molar-refractivity contribution in [2.75, 3.05) is 14.2 Å². The molecule has 2 rings (SSSR count). The van der Waals surface area contributed by atoms with E-state index in [1.54, 1.807) is 24.3 Å². The van der Waals surface area contributed by atoms with E-state index in [4.69, 9.17) is 0 Å². The molecule has 0 aliphatic carbocycles. The summed E-state index contributed by atoms with van der Waals surface area (Å²) in [5.41, 5.74) is 0. The molecule has 0 radical (unpaired) electrons. The number of methoxy groups -OCH3 is 2. The molecule has 9 heteroatoms. The molecule has 0 bridgehead atoms. The van der Waals surface area contributed by atoms with Crippen LogP contribution in [0, 0.1) is 0 Å². The Kier molecular flexibility index (Phi) is 22.5. The summed E-state index contributed by atoms with van der Waals surface area (Å²) in [4.78, 5) is 20.2. The van der Waals surface area contributed by atoms with E-state index in [1.807, 2.05) is 12.1 Å². The summed E-state index contributed by atoms with van der Waals surface area (Å²) in [6, 6.07) is 16.7. The molecule has 0 N–H and O–H groups in total. The smallest absolute Gasteiger partial charge is 0.875 e. The molecule has 2 aromatic carbocycles. The van der Waals surface area contributed by atoms with E-state index >= 15 is 0 Å². The molecule has 0 heterocycles. The molecule has 0 spiro atoms. The van der Waals surface area contributed by atoms with Gasteiger partial charge in [0, 0.05) is 12.2 Å². The van der Waals surface area contributed by atoms with Gasteiger partial charge in [-0.1, -0.05) is 74.5 Å². The van der Waals surface area contributed by atoms with Crippen LogP contribution in [0.4, 0.5) is 0 Å². The van der Waals surface area contributed by atoms with Gasteiger partial charge in [0.25, 0.3) is 0 Å². The molecule has 31 heavy (non-hydrogen) atoms. The predicted octanol–water partition coefficient (Wildman–Crippen LogP) is 0.365. The maximum absolute atomic E-state index is 10.3. The fourth-order valence-electron chi connectivity index (χ4n) is 1.29. The first kappa shape index (κ1) is 32.4. The van der Waals surface area contributed by atoms with E-state index in [1.165, 1.54) is 52.3 Å². The molecule has 0 unspecified atom stereocenters. The predicted molar refractivity (Wildman–Crippen MR) is 103 cm³/mol. The van der Waals surface area contributed by atoms with Crippen molar-refractivity contribution >= 4 is 11.9 Å². The van der Waals surface area contributed by atoms with Crippen molar-refractivity contribution in [1.29, 1.82) is 0 Å². The normalized spacial score (nSPS) is 9.55. The zero-order valence-corrected chi connectivity index (χ0v) is 19.3. The summed E-state index contributed by atoms with van der Waals surface area (Å²) >= 11 is 0. The topological polar surface area (TPSA) is 145 Å². The van der Waals surface area contributed by atoms with Crippen molar-refractivity contribution in [3.8, 4) is 11.5 Å². The Morgan fingerprint density at radius 2 is 0.935 bits per heavy atom. The van der Waals surface area contributed by atoms with Crippen LogP contribution in [-0.4, -0.2) is 26.2 Å². The molecular weight excluding hydrogens is 440 g/mol. The molecular formula is C22H24O8Ti. The molecule has 0 aromatic heterocycles. The number of hydrogen-bond donors (Lipinski definition) is 0. The zero-order chi connectivity index (χ0) is 23.4. The van der Waals surface area contributed by atoms with Crippen molar-refractivity contribution in [3.63, 3.8) is 0 Å². The molecule has 0 atom stereocenters. The largest absolute Gasteiger partial charge is 4.00 e. The molecule has 0 fully saturated rings. The van der Waals surface area contributed by atoms with Crippen LogP contribution < -0.4 is 20.4 Å². The van der Waals surface area contributed by atoms with Crippen molar-refractivity contribution in [1.82, 2.24) is 0 Å². The van der Waals surface area contributed by atoms with Gasteiger partial charge in [0.05, 0.1) is 14.2 Å². The van der Waals surface area contributed by atoms with E-state index < -0.39 is 11.9 Å². The minimum atomic E-state index is -0.600. The van der Waals surface area contributed by atoms with Gasteiger partial charge in [0.15, 0.2) is 0 Å². The van der Waals surface area contributed by atoms with E-state index in [2.05, 4.69) is 9.47 Å². The fourth-order valence-corrected chi connectivity index (χ4v) is 1.29. The third-order valence-electron chi connectivity index (χ3n) is 2.53. The van der Waals surface area contributed by atoms with E-state index in [0.29, 0.717) is 0 Å². The SMILES string of the molecule is COC(=O)/C=C(/C)[O-].COC(=O)/C=C(\C)[O-].[O-]c1ccccc1.[O-]c1ccccc1.[Ti+4]. The van der Waals surface area contributed by atoms with E-state index in [0.717, 1.165) is 12.2 Å². The molecule has 2 aromatic rings. The first-order chi connectivity index (χ1) is 14.1. The summed E-state index contributed by atoms with van der Waals surface area (Å²) in [7, 11) is 2.45. The number of carbonyl (C=O) groups excluding carboxylic acids is 2. The van der Waals surface area contributed by atoms with Crippen molar-refractivity contribution in [3.05, 3.63) is 84.3 Å². The van der Waals surface area contributed by atoms with Gasteiger partial charge in [0.1, 0.15) is 0 Å². The van der Waals surface area contributed by atoms with Crippen molar-refractivity contribution in [2.45, 2.75) is 13.8 Å². The summed E-state index contributed by atoms with van der Waals surface area (Å²) in [5.74, 6) is -1.64. The van der Waals surface area contributed by atoms with Gasteiger partial charge >= 0.3 is 33.7 Å². The Morgan fingerprint density at radius 1 is 0.677 bits per heavy atom. The minimum absolute atomic E-state index is 0. The molecule has 8 nitrogen and oxygen atoms in total. The molecule has 0 amide bonds. The second-order valence-electron chi connectivity index (χ2n) is 5.18. The number of hydrogen-bond acceptors (Lipinski definition) is 8. The van der Waals surface area contributed by atoms with Gasteiger partial charge in [0.2, 0.25) is 0 Å². The summed E-state index contributed by atoms with van der Waals surface area (Å²) < 4.78 is 8.29. The molecule has 0 aliphatic rings.